The van der Waals surface area contributed by atoms with Crippen LogP contribution in [0.3, 0.4) is 0 Å². The molecule has 0 aliphatic heterocycles. The van der Waals surface area contributed by atoms with E-state index in [0.29, 0.717) is 19.4 Å². The highest BCUT2D eigenvalue weighted by Gasteiger charge is 2.18. The molecule has 2 atom stereocenters. The predicted octanol–water partition coefficient (Wildman–Crippen LogP) is 25.2. The molecular formula is C79H149NO5. The first-order chi connectivity index (χ1) is 42.0. The standard InChI is InChI=1S/C79H149NO5/c1-3-5-7-9-11-13-15-17-19-21-23-24-25-26-29-32-36-39-43-47-51-55-59-63-67-71-77(82)76(75-81)80-78(83)72-68-64-60-56-52-48-44-40-37-33-30-27-28-31-34-38-42-46-50-54-58-62-66-70-74-85-79(84)73-69-65-61-57-53-49-45-41-35-22-20-18-16-14-12-10-8-6-4-2/h12,14,18,20,30,33,67,71,76-77,81-82H,3-11,13,15-17,19,21-29,31-32,34-66,68-70,72-75H2,1-2H3,(H,80,83)/b14-12-,20-18-,33-30-,71-67+. The van der Waals surface area contributed by atoms with Gasteiger partial charge in [-0.2, -0.15) is 0 Å². The van der Waals surface area contributed by atoms with E-state index in [0.717, 1.165) is 51.4 Å². The van der Waals surface area contributed by atoms with Gasteiger partial charge in [0.15, 0.2) is 0 Å². The number of ether oxygens (including phenoxy) is 1. The Morgan fingerprint density at radius 3 is 0.929 bits per heavy atom. The van der Waals surface area contributed by atoms with Gasteiger partial charge < -0.3 is 20.3 Å². The minimum atomic E-state index is -0.850. The van der Waals surface area contributed by atoms with Crippen LogP contribution in [0.15, 0.2) is 48.6 Å². The molecule has 0 radical (unpaired) electrons. The number of hydrogen-bond donors (Lipinski definition) is 3. The van der Waals surface area contributed by atoms with Crippen molar-refractivity contribution in [1.82, 2.24) is 5.32 Å². The van der Waals surface area contributed by atoms with Gasteiger partial charge in [0, 0.05) is 12.8 Å². The maximum absolute atomic E-state index is 12.5. The number of unbranched alkanes of at least 4 members (excludes halogenated alkanes) is 55. The molecule has 0 spiro atoms. The number of rotatable bonds is 72. The SMILES string of the molecule is CCCCC/C=C\C/C=C\CCCCCCCCCCCC(=O)OCCCCCCCCCCCCCC/C=C\CCCCCCCCCCC(=O)NC(CO)C(O)/C=C/CCCCCCCCCCCCCCCCCCCCCCCCC. The van der Waals surface area contributed by atoms with Crippen molar-refractivity contribution >= 4 is 11.9 Å². The summed E-state index contributed by atoms with van der Waals surface area (Å²) in [4.78, 5) is 24.7. The summed E-state index contributed by atoms with van der Waals surface area (Å²) >= 11 is 0. The first-order valence-corrected chi connectivity index (χ1v) is 38.4. The van der Waals surface area contributed by atoms with Crippen molar-refractivity contribution in [3.05, 3.63) is 48.6 Å². The number of aliphatic hydroxyl groups excluding tert-OH is 2. The first-order valence-electron chi connectivity index (χ1n) is 38.4. The number of nitrogens with one attached hydrogen (secondary N) is 1. The largest absolute Gasteiger partial charge is 0.466 e. The Labute approximate surface area is 531 Å². The molecule has 0 aromatic heterocycles. The van der Waals surface area contributed by atoms with Crippen LogP contribution in [0.4, 0.5) is 0 Å². The molecular weight excluding hydrogens is 1040 g/mol. The summed E-state index contributed by atoms with van der Waals surface area (Å²) < 4.78 is 5.51. The third-order valence-electron chi connectivity index (χ3n) is 17.8. The Morgan fingerprint density at radius 1 is 0.329 bits per heavy atom. The third-order valence-corrected chi connectivity index (χ3v) is 17.8. The van der Waals surface area contributed by atoms with Crippen molar-refractivity contribution in [2.75, 3.05) is 13.2 Å². The number of allylic oxidation sites excluding steroid dienone is 7. The van der Waals surface area contributed by atoms with E-state index in [9.17, 15) is 19.8 Å². The van der Waals surface area contributed by atoms with E-state index in [1.54, 1.807) is 6.08 Å². The molecule has 85 heavy (non-hydrogen) atoms. The molecule has 0 saturated heterocycles. The lowest BCUT2D eigenvalue weighted by Gasteiger charge is -2.20. The summed E-state index contributed by atoms with van der Waals surface area (Å²) in [6.07, 6.45) is 97.8. The monoisotopic (exact) mass is 1190 g/mol. The molecule has 3 N–H and O–H groups in total. The minimum absolute atomic E-state index is 0.00887. The van der Waals surface area contributed by atoms with Gasteiger partial charge in [0.05, 0.1) is 25.4 Å². The summed E-state index contributed by atoms with van der Waals surface area (Å²) in [5.41, 5.74) is 0. The van der Waals surface area contributed by atoms with Gasteiger partial charge in [-0.3, -0.25) is 9.59 Å². The summed E-state index contributed by atoms with van der Waals surface area (Å²) in [6.45, 7) is 4.91. The molecule has 0 aliphatic carbocycles. The normalized spacial score (nSPS) is 12.8. The second-order valence-electron chi connectivity index (χ2n) is 26.3. The van der Waals surface area contributed by atoms with Gasteiger partial charge in [-0.05, 0) is 89.9 Å². The molecule has 0 fully saturated rings. The van der Waals surface area contributed by atoms with E-state index in [4.69, 9.17) is 4.74 Å². The lowest BCUT2D eigenvalue weighted by molar-refractivity contribution is -0.143. The van der Waals surface area contributed by atoms with Gasteiger partial charge in [0.25, 0.3) is 0 Å². The molecule has 1 amide bonds. The van der Waals surface area contributed by atoms with Gasteiger partial charge in [-0.15, -0.1) is 0 Å². The van der Waals surface area contributed by atoms with Crippen LogP contribution in [0.25, 0.3) is 0 Å². The molecule has 0 heterocycles. The molecule has 0 bridgehead atoms. The van der Waals surface area contributed by atoms with Crippen LogP contribution in [0.1, 0.15) is 418 Å². The topological polar surface area (TPSA) is 95.9 Å². The van der Waals surface area contributed by atoms with Crippen molar-refractivity contribution < 1.29 is 24.5 Å². The Balaban J connectivity index is 3.42. The van der Waals surface area contributed by atoms with Crippen LogP contribution in [0, 0.1) is 0 Å². The number of aliphatic hydroxyl groups is 2. The fraction of sp³-hybridized carbons (Fsp3) is 0.873. The van der Waals surface area contributed by atoms with Crippen molar-refractivity contribution in [3.8, 4) is 0 Å². The number of hydrogen-bond acceptors (Lipinski definition) is 5. The smallest absolute Gasteiger partial charge is 0.305 e. The highest BCUT2D eigenvalue weighted by atomic mass is 16.5. The van der Waals surface area contributed by atoms with Gasteiger partial charge >= 0.3 is 5.97 Å². The van der Waals surface area contributed by atoms with Crippen LogP contribution >= 0.6 is 0 Å². The molecule has 0 aromatic carbocycles. The third kappa shape index (κ3) is 70.8. The molecule has 0 aliphatic rings. The fourth-order valence-electron chi connectivity index (χ4n) is 12.0. The van der Waals surface area contributed by atoms with E-state index < -0.39 is 12.1 Å². The summed E-state index contributed by atoms with van der Waals surface area (Å²) in [7, 11) is 0. The Kier molecular flexibility index (Phi) is 72.4. The first kappa shape index (κ1) is 82.8. The van der Waals surface area contributed by atoms with Crippen LogP contribution < -0.4 is 5.32 Å². The maximum Gasteiger partial charge on any atom is 0.305 e. The minimum Gasteiger partial charge on any atom is -0.466 e. The van der Waals surface area contributed by atoms with Gasteiger partial charge in [-0.1, -0.05) is 364 Å². The van der Waals surface area contributed by atoms with E-state index >= 15 is 0 Å². The number of carbonyl (C=O) groups is 2. The zero-order valence-electron chi connectivity index (χ0n) is 57.4. The summed E-state index contributed by atoms with van der Waals surface area (Å²) in [5, 5.41) is 23.3. The second-order valence-corrected chi connectivity index (χ2v) is 26.3. The zero-order valence-corrected chi connectivity index (χ0v) is 57.4. The molecule has 0 rings (SSSR count). The van der Waals surface area contributed by atoms with E-state index in [1.807, 2.05) is 6.08 Å². The quantitative estimate of drug-likeness (QED) is 0.0320. The van der Waals surface area contributed by atoms with Crippen LogP contribution in [0.5, 0.6) is 0 Å². The average molecular weight is 1190 g/mol. The Hall–Kier alpha value is -2.18. The lowest BCUT2D eigenvalue weighted by atomic mass is 10.0. The van der Waals surface area contributed by atoms with Crippen molar-refractivity contribution in [2.24, 2.45) is 0 Å². The van der Waals surface area contributed by atoms with Gasteiger partial charge in [-0.25, -0.2) is 0 Å². The predicted molar refractivity (Wildman–Crippen MR) is 375 cm³/mol. The van der Waals surface area contributed by atoms with E-state index in [-0.39, 0.29) is 18.5 Å². The molecule has 0 saturated carbocycles. The van der Waals surface area contributed by atoms with Crippen LogP contribution in [-0.2, 0) is 14.3 Å². The van der Waals surface area contributed by atoms with Crippen LogP contribution in [-0.4, -0.2) is 47.4 Å². The molecule has 0 aromatic rings. The summed E-state index contributed by atoms with van der Waals surface area (Å²) in [5.74, 6) is -0.0595. The number of amides is 1. The van der Waals surface area contributed by atoms with Gasteiger partial charge in [0.2, 0.25) is 5.91 Å². The van der Waals surface area contributed by atoms with Crippen LogP contribution in [0.2, 0.25) is 0 Å². The van der Waals surface area contributed by atoms with Gasteiger partial charge in [0.1, 0.15) is 0 Å². The number of esters is 1. The fourth-order valence-corrected chi connectivity index (χ4v) is 12.0. The zero-order chi connectivity index (χ0) is 61.3. The van der Waals surface area contributed by atoms with Crippen molar-refractivity contribution in [2.45, 2.75) is 431 Å². The molecule has 6 nitrogen and oxygen atoms in total. The lowest BCUT2D eigenvalue weighted by Crippen LogP contribution is -2.45. The van der Waals surface area contributed by atoms with Crippen molar-refractivity contribution in [3.63, 3.8) is 0 Å². The summed E-state index contributed by atoms with van der Waals surface area (Å²) in [6, 6.07) is -0.634. The second kappa shape index (κ2) is 74.3. The van der Waals surface area contributed by atoms with E-state index in [1.165, 1.54) is 340 Å². The highest BCUT2D eigenvalue weighted by molar-refractivity contribution is 5.76. The number of carbonyl (C=O) groups excluding carboxylic acids is 2. The Morgan fingerprint density at radius 2 is 0.588 bits per heavy atom. The highest BCUT2D eigenvalue weighted by Crippen LogP contribution is 2.19. The maximum atomic E-state index is 12.5. The van der Waals surface area contributed by atoms with E-state index in [2.05, 4.69) is 55.6 Å². The average Bonchev–Trinajstić information content (AvgIpc) is 3.51. The molecule has 500 valence electrons. The molecule has 2 unspecified atom stereocenters. The molecule has 6 heteroatoms. The Bertz CT molecular complexity index is 1420. The van der Waals surface area contributed by atoms with Crippen molar-refractivity contribution in [1.29, 1.82) is 0 Å².